The van der Waals surface area contributed by atoms with Gasteiger partial charge in [-0.1, -0.05) is 18.2 Å². The Morgan fingerprint density at radius 1 is 1.38 bits per heavy atom. The zero-order valence-electron chi connectivity index (χ0n) is 9.48. The fraction of sp³-hybridized carbons (Fsp3) is 0.250. The number of aryl methyl sites for hydroxylation is 1. The molecular weight excluding hydrogens is 222 g/mol. The fourth-order valence-electron chi connectivity index (χ4n) is 1.60. The molecule has 1 heterocycles. The minimum Gasteiger partial charge on any atom is -0.274 e. The van der Waals surface area contributed by atoms with Gasteiger partial charge in [-0.05, 0) is 23.9 Å². The second-order valence-corrected chi connectivity index (χ2v) is 4.59. The van der Waals surface area contributed by atoms with E-state index in [1.54, 1.807) is 7.05 Å². The molecule has 0 aliphatic heterocycles. The van der Waals surface area contributed by atoms with Gasteiger partial charge in [-0.15, -0.1) is 11.3 Å². The third kappa shape index (κ3) is 1.70. The number of hydrogen-bond donors (Lipinski definition) is 0. The second-order valence-electron chi connectivity index (χ2n) is 3.54. The van der Waals surface area contributed by atoms with Crippen LogP contribution in [-0.4, -0.2) is 25.1 Å². The molecule has 4 heteroatoms. The van der Waals surface area contributed by atoms with Crippen molar-refractivity contribution >= 4 is 27.3 Å². The first-order chi connectivity index (χ1) is 7.65. The van der Waals surface area contributed by atoms with Gasteiger partial charge in [0.05, 0.1) is 12.0 Å². The van der Waals surface area contributed by atoms with Gasteiger partial charge in [0.15, 0.2) is 0 Å². The van der Waals surface area contributed by atoms with Crippen molar-refractivity contribution in [2.45, 2.75) is 6.92 Å². The quantitative estimate of drug-likeness (QED) is 0.749. The van der Waals surface area contributed by atoms with E-state index >= 15 is 0 Å². The molecule has 0 aliphatic rings. The zero-order valence-corrected chi connectivity index (χ0v) is 10.3. The van der Waals surface area contributed by atoms with Gasteiger partial charge in [0.2, 0.25) is 0 Å². The molecule has 0 radical (unpaired) electrons. The molecule has 0 saturated carbocycles. The molecule has 84 valence electrons. The predicted molar refractivity (Wildman–Crippen MR) is 65.7 cm³/mol. The summed E-state index contributed by atoms with van der Waals surface area (Å²) < 4.78 is 1.13. The Morgan fingerprint density at radius 2 is 2.06 bits per heavy atom. The maximum Gasteiger partial charge on any atom is 0.287 e. The lowest BCUT2D eigenvalue weighted by Crippen LogP contribution is -2.25. The molecule has 0 bridgehead atoms. The van der Waals surface area contributed by atoms with Crippen LogP contribution in [0.15, 0.2) is 24.3 Å². The number of carbonyl (C=O) groups is 1. The van der Waals surface area contributed by atoms with E-state index in [0.717, 1.165) is 20.5 Å². The van der Waals surface area contributed by atoms with Crippen molar-refractivity contribution in [3.8, 4) is 0 Å². The molecule has 1 aromatic carbocycles. The molecule has 3 nitrogen and oxygen atoms in total. The van der Waals surface area contributed by atoms with Crippen molar-refractivity contribution in [3.05, 3.63) is 34.7 Å². The summed E-state index contributed by atoms with van der Waals surface area (Å²) in [6, 6.07) is 8.02. The first kappa shape index (κ1) is 11.1. The molecule has 0 aliphatic carbocycles. The third-order valence-corrected chi connectivity index (χ3v) is 3.86. The summed E-state index contributed by atoms with van der Waals surface area (Å²) in [7, 11) is 3.10. The van der Waals surface area contributed by atoms with Crippen LogP contribution in [-0.2, 0) is 4.84 Å². The number of nitrogens with zero attached hydrogens (tertiary/aromatic N) is 1. The number of thiophene rings is 1. The van der Waals surface area contributed by atoms with E-state index in [-0.39, 0.29) is 5.91 Å². The van der Waals surface area contributed by atoms with Gasteiger partial charge in [-0.3, -0.25) is 9.63 Å². The van der Waals surface area contributed by atoms with Gasteiger partial charge in [0.1, 0.15) is 0 Å². The van der Waals surface area contributed by atoms with Crippen molar-refractivity contribution in [2.75, 3.05) is 14.2 Å². The minimum atomic E-state index is -0.0961. The molecule has 0 unspecified atom stereocenters. The highest BCUT2D eigenvalue weighted by molar-refractivity contribution is 7.21. The molecule has 0 N–H and O–H groups in total. The number of carbonyl (C=O) groups excluding carboxylic acids is 1. The monoisotopic (exact) mass is 235 g/mol. The SMILES string of the molecule is CON(C)C(=O)c1sc2ccccc2c1C. The molecule has 0 atom stereocenters. The number of fused-ring (bicyclic) bond motifs is 1. The van der Waals surface area contributed by atoms with Gasteiger partial charge in [0, 0.05) is 11.7 Å². The lowest BCUT2D eigenvalue weighted by Gasteiger charge is -2.12. The van der Waals surface area contributed by atoms with E-state index in [9.17, 15) is 4.79 Å². The van der Waals surface area contributed by atoms with Crippen LogP contribution in [0.1, 0.15) is 15.2 Å². The highest BCUT2D eigenvalue weighted by Gasteiger charge is 2.18. The average molecular weight is 235 g/mol. The summed E-state index contributed by atoms with van der Waals surface area (Å²) in [5, 5.41) is 2.39. The molecule has 0 spiro atoms. The van der Waals surface area contributed by atoms with Crippen LogP contribution >= 0.6 is 11.3 Å². The normalized spacial score (nSPS) is 10.7. The maximum absolute atomic E-state index is 12.0. The molecule has 1 amide bonds. The van der Waals surface area contributed by atoms with Crippen LogP contribution in [0.5, 0.6) is 0 Å². The van der Waals surface area contributed by atoms with Crippen molar-refractivity contribution in [1.29, 1.82) is 0 Å². The Labute approximate surface area is 98.2 Å². The number of hydrogen-bond acceptors (Lipinski definition) is 3. The smallest absolute Gasteiger partial charge is 0.274 e. The van der Waals surface area contributed by atoms with Crippen LogP contribution in [0.3, 0.4) is 0 Å². The average Bonchev–Trinajstić information content (AvgIpc) is 2.65. The highest BCUT2D eigenvalue weighted by atomic mass is 32.1. The van der Waals surface area contributed by atoms with Gasteiger partial charge in [-0.2, -0.15) is 0 Å². The Bertz CT molecular complexity index is 533. The lowest BCUT2D eigenvalue weighted by atomic mass is 10.1. The van der Waals surface area contributed by atoms with E-state index in [0.29, 0.717) is 0 Å². The largest absolute Gasteiger partial charge is 0.287 e. The van der Waals surface area contributed by atoms with Gasteiger partial charge < -0.3 is 0 Å². The summed E-state index contributed by atoms with van der Waals surface area (Å²) in [5.74, 6) is -0.0961. The Hall–Kier alpha value is -1.39. The van der Waals surface area contributed by atoms with Crippen LogP contribution in [0.4, 0.5) is 0 Å². The molecule has 0 fully saturated rings. The standard InChI is InChI=1S/C12H13NO2S/c1-8-9-6-4-5-7-10(9)16-11(8)12(14)13(2)15-3/h4-7H,1-3H3. The van der Waals surface area contributed by atoms with Crippen molar-refractivity contribution in [3.63, 3.8) is 0 Å². The van der Waals surface area contributed by atoms with Crippen LogP contribution in [0.25, 0.3) is 10.1 Å². The summed E-state index contributed by atoms with van der Waals surface area (Å²) in [6.07, 6.45) is 0. The molecular formula is C12H13NO2S. The summed E-state index contributed by atoms with van der Waals surface area (Å²) in [5.41, 5.74) is 1.02. The number of rotatable bonds is 2. The minimum absolute atomic E-state index is 0.0961. The summed E-state index contributed by atoms with van der Waals surface area (Å²) in [6.45, 7) is 1.97. The fourth-order valence-corrected chi connectivity index (χ4v) is 2.78. The van der Waals surface area contributed by atoms with Gasteiger partial charge in [0.25, 0.3) is 5.91 Å². The van der Waals surface area contributed by atoms with Crippen molar-refractivity contribution in [1.82, 2.24) is 5.06 Å². The van der Waals surface area contributed by atoms with E-state index < -0.39 is 0 Å². The molecule has 16 heavy (non-hydrogen) atoms. The topological polar surface area (TPSA) is 29.5 Å². The molecule has 1 aromatic heterocycles. The number of benzene rings is 1. The van der Waals surface area contributed by atoms with Gasteiger partial charge in [-0.25, -0.2) is 5.06 Å². The second kappa shape index (κ2) is 4.23. The van der Waals surface area contributed by atoms with Gasteiger partial charge >= 0.3 is 0 Å². The summed E-state index contributed by atoms with van der Waals surface area (Å²) >= 11 is 1.50. The Balaban J connectivity index is 2.53. The first-order valence-electron chi connectivity index (χ1n) is 4.95. The van der Waals surface area contributed by atoms with Crippen molar-refractivity contribution in [2.24, 2.45) is 0 Å². The predicted octanol–water partition coefficient (Wildman–Crippen LogP) is 2.84. The Kier molecular flexibility index (Phi) is 2.94. The van der Waals surface area contributed by atoms with E-state index in [1.165, 1.54) is 23.5 Å². The molecule has 2 rings (SSSR count). The maximum atomic E-state index is 12.0. The summed E-state index contributed by atoms with van der Waals surface area (Å²) in [4.78, 5) is 17.6. The number of amides is 1. The molecule has 0 saturated heterocycles. The van der Waals surface area contributed by atoms with Crippen LogP contribution in [0, 0.1) is 6.92 Å². The van der Waals surface area contributed by atoms with Crippen LogP contribution in [0.2, 0.25) is 0 Å². The van der Waals surface area contributed by atoms with E-state index in [4.69, 9.17) is 4.84 Å². The van der Waals surface area contributed by atoms with E-state index in [2.05, 4.69) is 0 Å². The van der Waals surface area contributed by atoms with Crippen LogP contribution < -0.4 is 0 Å². The van der Waals surface area contributed by atoms with E-state index in [1.807, 2.05) is 31.2 Å². The number of hydroxylamine groups is 2. The lowest BCUT2D eigenvalue weighted by molar-refractivity contribution is -0.0754. The zero-order chi connectivity index (χ0) is 11.7. The highest BCUT2D eigenvalue weighted by Crippen LogP contribution is 2.31. The third-order valence-electron chi connectivity index (χ3n) is 2.60. The van der Waals surface area contributed by atoms with Crippen molar-refractivity contribution < 1.29 is 9.63 Å². The Morgan fingerprint density at radius 3 is 2.69 bits per heavy atom. The molecule has 2 aromatic rings. The first-order valence-corrected chi connectivity index (χ1v) is 5.77.